The van der Waals surface area contributed by atoms with Crippen molar-refractivity contribution in [2.45, 2.75) is 57.3 Å². The summed E-state index contributed by atoms with van der Waals surface area (Å²) in [5.74, 6) is -0.565. The van der Waals surface area contributed by atoms with Crippen LogP contribution in [0.4, 0.5) is 0 Å². The molecule has 3 heteroatoms. The molecule has 0 N–H and O–H groups in total. The van der Waals surface area contributed by atoms with Crippen LogP contribution in [0.15, 0.2) is 30.3 Å². The summed E-state index contributed by atoms with van der Waals surface area (Å²) in [6.45, 7) is 4.02. The molecule has 0 aromatic heterocycles. The molecule has 0 spiro atoms. The Hall–Kier alpha value is -0.900. The van der Waals surface area contributed by atoms with Gasteiger partial charge in [-0.3, -0.25) is 0 Å². The lowest BCUT2D eigenvalue weighted by Crippen LogP contribution is -2.39. The Morgan fingerprint density at radius 1 is 1.00 bits per heavy atom. The molecule has 106 valence electrons. The molecule has 1 fully saturated rings. The lowest BCUT2D eigenvalue weighted by Gasteiger charge is -2.37. The molecular weight excluding hydrogens is 240 g/mol. The van der Waals surface area contributed by atoms with Crippen LogP contribution in [0.3, 0.4) is 0 Å². The van der Waals surface area contributed by atoms with Crippen LogP contribution in [0.5, 0.6) is 0 Å². The highest BCUT2D eigenvalue weighted by Crippen LogP contribution is 2.35. The Morgan fingerprint density at radius 3 is 2.21 bits per heavy atom. The first-order valence-electron chi connectivity index (χ1n) is 7.06. The van der Waals surface area contributed by atoms with Crippen molar-refractivity contribution in [3.05, 3.63) is 35.9 Å². The fourth-order valence-electron chi connectivity index (χ4n) is 2.48. The van der Waals surface area contributed by atoms with Gasteiger partial charge in [0.05, 0.1) is 0 Å². The standard InChI is InChI=1S/C16H24O3/c1-15(2,14-10-6-4-7-11-14)18-19-16(17-3)12-8-5-9-13-16/h4,6-7,10-11H,5,8-9,12-13H2,1-3H3. The van der Waals surface area contributed by atoms with Gasteiger partial charge in [0, 0.05) is 20.0 Å². The van der Waals surface area contributed by atoms with Gasteiger partial charge in [-0.25, -0.2) is 9.78 Å². The van der Waals surface area contributed by atoms with Crippen LogP contribution in [-0.4, -0.2) is 12.9 Å². The van der Waals surface area contributed by atoms with E-state index in [0.29, 0.717) is 0 Å². The van der Waals surface area contributed by atoms with E-state index >= 15 is 0 Å². The zero-order valence-corrected chi connectivity index (χ0v) is 12.1. The largest absolute Gasteiger partial charge is 0.351 e. The van der Waals surface area contributed by atoms with Crippen molar-refractivity contribution in [3.8, 4) is 0 Å². The lowest BCUT2D eigenvalue weighted by atomic mass is 9.94. The molecular formula is C16H24O3. The summed E-state index contributed by atoms with van der Waals surface area (Å²) < 4.78 is 5.56. The van der Waals surface area contributed by atoms with Gasteiger partial charge in [0.2, 0.25) is 5.79 Å². The van der Waals surface area contributed by atoms with Gasteiger partial charge in [0.15, 0.2) is 0 Å². The van der Waals surface area contributed by atoms with Gasteiger partial charge < -0.3 is 4.74 Å². The summed E-state index contributed by atoms with van der Waals surface area (Å²) in [5, 5.41) is 0. The van der Waals surface area contributed by atoms with E-state index in [9.17, 15) is 0 Å². The molecule has 0 heterocycles. The first kappa shape index (κ1) is 14.5. The molecule has 3 nitrogen and oxygen atoms in total. The van der Waals surface area contributed by atoms with E-state index in [0.717, 1.165) is 31.2 Å². The van der Waals surface area contributed by atoms with Crippen LogP contribution in [0, 0.1) is 0 Å². The highest BCUT2D eigenvalue weighted by molar-refractivity contribution is 5.20. The second-order valence-electron chi connectivity index (χ2n) is 5.72. The van der Waals surface area contributed by atoms with Crippen molar-refractivity contribution >= 4 is 0 Å². The van der Waals surface area contributed by atoms with Gasteiger partial charge in [0.1, 0.15) is 5.60 Å². The summed E-state index contributed by atoms with van der Waals surface area (Å²) in [6, 6.07) is 10.1. The molecule has 19 heavy (non-hydrogen) atoms. The molecule has 0 aliphatic heterocycles. The number of methoxy groups -OCH3 is 1. The first-order chi connectivity index (χ1) is 9.08. The number of rotatable bonds is 5. The van der Waals surface area contributed by atoms with E-state index in [-0.39, 0.29) is 0 Å². The molecule has 0 unspecified atom stereocenters. The van der Waals surface area contributed by atoms with Crippen molar-refractivity contribution in [2.24, 2.45) is 0 Å². The van der Waals surface area contributed by atoms with E-state index in [2.05, 4.69) is 0 Å². The quantitative estimate of drug-likeness (QED) is 0.453. The molecule has 2 rings (SSSR count). The average Bonchev–Trinajstić information content (AvgIpc) is 2.47. The minimum atomic E-state index is -0.565. The third-order valence-corrected chi connectivity index (χ3v) is 3.86. The predicted octanol–water partition coefficient (Wildman–Crippen LogP) is 4.18. The molecule has 0 atom stereocenters. The van der Waals surface area contributed by atoms with Crippen molar-refractivity contribution in [1.82, 2.24) is 0 Å². The molecule has 1 saturated carbocycles. The zero-order valence-electron chi connectivity index (χ0n) is 12.1. The predicted molar refractivity (Wildman–Crippen MR) is 74.5 cm³/mol. The Bertz CT molecular complexity index is 380. The summed E-state index contributed by atoms with van der Waals surface area (Å²) in [6.07, 6.45) is 5.30. The van der Waals surface area contributed by atoms with E-state index in [1.165, 1.54) is 6.42 Å². The zero-order chi connectivity index (χ0) is 13.8. The Balaban J connectivity index is 2.00. The van der Waals surface area contributed by atoms with Crippen molar-refractivity contribution in [1.29, 1.82) is 0 Å². The SMILES string of the molecule is COC1(OOC(C)(C)c2ccccc2)CCCCC1. The van der Waals surface area contributed by atoms with E-state index < -0.39 is 11.4 Å². The normalized spacial score (nSPS) is 19.3. The molecule has 0 amide bonds. The first-order valence-corrected chi connectivity index (χ1v) is 7.06. The Morgan fingerprint density at radius 2 is 1.63 bits per heavy atom. The lowest BCUT2D eigenvalue weighted by molar-refractivity contribution is -0.467. The maximum absolute atomic E-state index is 5.72. The monoisotopic (exact) mass is 264 g/mol. The minimum Gasteiger partial charge on any atom is -0.351 e. The molecule has 1 aromatic rings. The Labute approximate surface area is 115 Å². The van der Waals surface area contributed by atoms with Gasteiger partial charge in [0.25, 0.3) is 0 Å². The number of hydrogen-bond donors (Lipinski definition) is 0. The molecule has 0 saturated heterocycles. The highest BCUT2D eigenvalue weighted by atomic mass is 17.2. The topological polar surface area (TPSA) is 27.7 Å². The average molecular weight is 264 g/mol. The molecule has 1 aliphatic rings. The second-order valence-corrected chi connectivity index (χ2v) is 5.72. The fourth-order valence-corrected chi connectivity index (χ4v) is 2.48. The Kier molecular flexibility index (Phi) is 4.61. The maximum Gasteiger partial charge on any atom is 0.201 e. The maximum atomic E-state index is 5.72. The van der Waals surface area contributed by atoms with Gasteiger partial charge in [-0.1, -0.05) is 36.8 Å². The van der Waals surface area contributed by atoms with Crippen LogP contribution in [-0.2, 0) is 20.1 Å². The van der Waals surface area contributed by atoms with Gasteiger partial charge in [-0.2, -0.15) is 0 Å². The minimum absolute atomic E-state index is 0.482. The number of ether oxygens (including phenoxy) is 1. The number of benzene rings is 1. The van der Waals surface area contributed by atoms with Crippen LogP contribution in [0.2, 0.25) is 0 Å². The van der Waals surface area contributed by atoms with Gasteiger partial charge in [-0.05, 0) is 32.3 Å². The smallest absolute Gasteiger partial charge is 0.201 e. The summed E-state index contributed by atoms with van der Waals surface area (Å²) in [5.41, 5.74) is 0.613. The third kappa shape index (κ3) is 3.56. The van der Waals surface area contributed by atoms with Gasteiger partial charge >= 0.3 is 0 Å². The molecule has 0 radical (unpaired) electrons. The second kappa shape index (κ2) is 6.04. The number of hydrogen-bond acceptors (Lipinski definition) is 3. The van der Waals surface area contributed by atoms with Crippen molar-refractivity contribution in [3.63, 3.8) is 0 Å². The van der Waals surface area contributed by atoms with Crippen LogP contribution in [0.25, 0.3) is 0 Å². The highest BCUT2D eigenvalue weighted by Gasteiger charge is 2.37. The van der Waals surface area contributed by atoms with E-state index in [4.69, 9.17) is 14.5 Å². The molecule has 1 aromatic carbocycles. The van der Waals surface area contributed by atoms with E-state index in [1.807, 2.05) is 44.2 Å². The molecule has 1 aliphatic carbocycles. The van der Waals surface area contributed by atoms with Crippen LogP contribution < -0.4 is 0 Å². The van der Waals surface area contributed by atoms with Crippen molar-refractivity contribution < 1.29 is 14.5 Å². The van der Waals surface area contributed by atoms with E-state index in [1.54, 1.807) is 7.11 Å². The molecule has 0 bridgehead atoms. The fraction of sp³-hybridized carbons (Fsp3) is 0.625. The van der Waals surface area contributed by atoms with Crippen molar-refractivity contribution in [2.75, 3.05) is 7.11 Å². The van der Waals surface area contributed by atoms with Gasteiger partial charge in [-0.15, -0.1) is 0 Å². The summed E-state index contributed by atoms with van der Waals surface area (Å²) in [4.78, 5) is 11.4. The van der Waals surface area contributed by atoms with Crippen LogP contribution >= 0.6 is 0 Å². The summed E-state index contributed by atoms with van der Waals surface area (Å²) >= 11 is 0. The third-order valence-electron chi connectivity index (χ3n) is 3.86. The van der Waals surface area contributed by atoms with Crippen LogP contribution in [0.1, 0.15) is 51.5 Å². The summed E-state index contributed by atoms with van der Waals surface area (Å²) in [7, 11) is 1.70.